The van der Waals surface area contributed by atoms with Crippen LogP contribution in [0.2, 0.25) is 0 Å². The zero-order chi connectivity index (χ0) is 15.4. The van der Waals surface area contributed by atoms with Crippen LogP contribution in [-0.2, 0) is 11.3 Å². The monoisotopic (exact) mass is 299 g/mol. The molecule has 1 fully saturated rings. The normalized spacial score (nSPS) is 13.6. The molecule has 2 aromatic heterocycles. The van der Waals surface area contributed by atoms with Gasteiger partial charge < -0.3 is 15.7 Å². The highest BCUT2D eigenvalue weighted by molar-refractivity contribution is 5.72. The van der Waals surface area contributed by atoms with Crippen molar-refractivity contribution < 1.29 is 9.90 Å². The van der Waals surface area contributed by atoms with Crippen molar-refractivity contribution in [3.63, 3.8) is 0 Å². The maximum atomic E-state index is 10.7. The van der Waals surface area contributed by atoms with Gasteiger partial charge in [-0.05, 0) is 24.5 Å². The van der Waals surface area contributed by atoms with Gasteiger partial charge in [-0.1, -0.05) is 6.07 Å². The number of anilines is 2. The third-order valence-corrected chi connectivity index (χ3v) is 3.34. The van der Waals surface area contributed by atoms with Crippen molar-refractivity contribution in [3.05, 3.63) is 41.9 Å². The molecule has 114 valence electrons. The maximum absolute atomic E-state index is 10.7. The molecule has 1 aliphatic rings. The number of rotatable bonds is 7. The average molecular weight is 299 g/mol. The molecule has 0 atom stereocenters. The van der Waals surface area contributed by atoms with Gasteiger partial charge in [-0.15, -0.1) is 0 Å². The van der Waals surface area contributed by atoms with Crippen molar-refractivity contribution in [2.24, 2.45) is 0 Å². The first-order valence-corrected chi connectivity index (χ1v) is 7.18. The summed E-state index contributed by atoms with van der Waals surface area (Å²) >= 11 is 0. The van der Waals surface area contributed by atoms with Crippen molar-refractivity contribution in [3.8, 4) is 0 Å². The molecule has 22 heavy (non-hydrogen) atoms. The van der Waals surface area contributed by atoms with Gasteiger partial charge in [-0.2, -0.15) is 4.98 Å². The number of carboxylic acids is 1. The first-order chi connectivity index (χ1) is 10.7. The first kappa shape index (κ1) is 14.2. The number of nitrogens with zero attached hydrogens (tertiary/aromatic N) is 3. The largest absolute Gasteiger partial charge is 0.480 e. The van der Waals surface area contributed by atoms with E-state index < -0.39 is 5.97 Å². The van der Waals surface area contributed by atoms with Crippen molar-refractivity contribution >= 4 is 17.7 Å². The van der Waals surface area contributed by atoms with Gasteiger partial charge in [0.05, 0.1) is 5.69 Å². The summed E-state index contributed by atoms with van der Waals surface area (Å²) in [6, 6.07) is 5.79. The molecule has 0 aromatic carbocycles. The maximum Gasteiger partial charge on any atom is 0.322 e. The second kappa shape index (κ2) is 6.38. The van der Waals surface area contributed by atoms with Gasteiger partial charge in [0.1, 0.15) is 12.4 Å². The number of carboxylic acid groups (broad SMARTS) is 1. The molecule has 7 nitrogen and oxygen atoms in total. The molecule has 0 unspecified atom stereocenters. The number of pyridine rings is 1. The quantitative estimate of drug-likeness (QED) is 0.717. The lowest BCUT2D eigenvalue weighted by molar-refractivity contribution is -0.134. The number of aromatic nitrogens is 3. The number of hydrogen-bond acceptors (Lipinski definition) is 6. The van der Waals surface area contributed by atoms with Crippen LogP contribution in [0.1, 0.15) is 30.0 Å². The minimum absolute atomic E-state index is 0.198. The van der Waals surface area contributed by atoms with Crippen LogP contribution in [0.4, 0.5) is 11.8 Å². The Bertz CT molecular complexity index is 658. The molecule has 0 bridgehead atoms. The molecule has 1 saturated carbocycles. The number of nitrogens with one attached hydrogen (secondary N) is 2. The number of carbonyl (C=O) groups is 1. The minimum Gasteiger partial charge on any atom is -0.480 e. The van der Waals surface area contributed by atoms with Gasteiger partial charge in [0.15, 0.2) is 0 Å². The van der Waals surface area contributed by atoms with Crippen LogP contribution in [0, 0.1) is 0 Å². The van der Waals surface area contributed by atoms with E-state index in [1.165, 1.54) is 0 Å². The smallest absolute Gasteiger partial charge is 0.322 e. The Labute approximate surface area is 127 Å². The van der Waals surface area contributed by atoms with Crippen molar-refractivity contribution in [1.82, 2.24) is 15.0 Å². The number of aliphatic carboxylic acids is 1. The van der Waals surface area contributed by atoms with Gasteiger partial charge in [-0.3, -0.25) is 9.78 Å². The minimum atomic E-state index is -0.940. The van der Waals surface area contributed by atoms with E-state index in [1.807, 2.05) is 18.2 Å². The summed E-state index contributed by atoms with van der Waals surface area (Å²) < 4.78 is 0. The van der Waals surface area contributed by atoms with Gasteiger partial charge >= 0.3 is 5.97 Å². The predicted octanol–water partition coefficient (Wildman–Crippen LogP) is 1.86. The fraction of sp³-hybridized carbons (Fsp3) is 0.333. The van der Waals surface area contributed by atoms with E-state index in [-0.39, 0.29) is 6.54 Å². The second-order valence-corrected chi connectivity index (χ2v) is 5.24. The van der Waals surface area contributed by atoms with E-state index >= 15 is 0 Å². The SMILES string of the molecule is O=C(O)CNc1nc(NCc2cccnc2)cc(C2CC2)n1. The lowest BCUT2D eigenvalue weighted by Crippen LogP contribution is -2.15. The molecule has 0 saturated heterocycles. The fourth-order valence-corrected chi connectivity index (χ4v) is 2.07. The summed E-state index contributed by atoms with van der Waals surface area (Å²) in [6.45, 7) is 0.406. The van der Waals surface area contributed by atoms with Gasteiger partial charge in [0.2, 0.25) is 5.95 Å². The van der Waals surface area contributed by atoms with Crippen LogP contribution in [-0.4, -0.2) is 32.6 Å². The average Bonchev–Trinajstić information content (AvgIpc) is 3.37. The molecule has 0 amide bonds. The topological polar surface area (TPSA) is 100 Å². The molecule has 0 aliphatic heterocycles. The standard InChI is InChI=1S/C15H17N5O2/c21-14(22)9-18-15-19-12(11-3-4-11)6-13(20-15)17-8-10-2-1-5-16-7-10/h1-2,5-7,11H,3-4,8-9H2,(H,21,22)(H2,17,18,19,20). The van der Waals surface area contributed by atoms with Crippen LogP contribution >= 0.6 is 0 Å². The van der Waals surface area contributed by atoms with Crippen LogP contribution in [0.25, 0.3) is 0 Å². The molecule has 0 radical (unpaired) electrons. The van der Waals surface area contributed by atoms with E-state index in [9.17, 15) is 4.79 Å². The van der Waals surface area contributed by atoms with Gasteiger partial charge in [-0.25, -0.2) is 4.98 Å². The molecular weight excluding hydrogens is 282 g/mol. The predicted molar refractivity (Wildman–Crippen MR) is 81.7 cm³/mol. The van der Waals surface area contributed by atoms with Crippen LogP contribution in [0.3, 0.4) is 0 Å². The molecule has 2 heterocycles. The Morgan fingerprint density at radius 3 is 2.86 bits per heavy atom. The summed E-state index contributed by atoms with van der Waals surface area (Å²) in [5.41, 5.74) is 2.01. The third-order valence-electron chi connectivity index (χ3n) is 3.34. The van der Waals surface area contributed by atoms with Gasteiger partial charge in [0.25, 0.3) is 0 Å². The van der Waals surface area contributed by atoms with Crippen molar-refractivity contribution in [2.75, 3.05) is 17.2 Å². The highest BCUT2D eigenvalue weighted by Crippen LogP contribution is 2.39. The molecular formula is C15H17N5O2. The summed E-state index contributed by atoms with van der Waals surface area (Å²) in [6.07, 6.45) is 5.77. The van der Waals surface area contributed by atoms with E-state index in [0.29, 0.717) is 24.2 Å². The highest BCUT2D eigenvalue weighted by atomic mass is 16.4. The van der Waals surface area contributed by atoms with E-state index in [2.05, 4.69) is 25.6 Å². The second-order valence-electron chi connectivity index (χ2n) is 5.24. The van der Waals surface area contributed by atoms with E-state index in [0.717, 1.165) is 24.1 Å². The van der Waals surface area contributed by atoms with E-state index in [1.54, 1.807) is 12.4 Å². The summed E-state index contributed by atoms with van der Waals surface area (Å²) in [7, 11) is 0. The molecule has 3 N–H and O–H groups in total. The highest BCUT2D eigenvalue weighted by Gasteiger charge is 2.26. The molecule has 1 aliphatic carbocycles. The van der Waals surface area contributed by atoms with Crippen LogP contribution < -0.4 is 10.6 Å². The molecule has 0 spiro atoms. The molecule has 3 rings (SSSR count). The summed E-state index contributed by atoms with van der Waals surface area (Å²) in [5.74, 6) is 0.562. The lowest BCUT2D eigenvalue weighted by Gasteiger charge is -2.10. The van der Waals surface area contributed by atoms with Crippen molar-refractivity contribution in [1.29, 1.82) is 0 Å². The Kier molecular flexibility index (Phi) is 4.13. The Balaban J connectivity index is 1.72. The van der Waals surface area contributed by atoms with Gasteiger partial charge in [0, 0.05) is 30.9 Å². The molecule has 7 heteroatoms. The summed E-state index contributed by atoms with van der Waals surface area (Å²) in [5, 5.41) is 14.7. The van der Waals surface area contributed by atoms with Crippen LogP contribution in [0.15, 0.2) is 30.6 Å². The fourth-order valence-electron chi connectivity index (χ4n) is 2.07. The third kappa shape index (κ3) is 3.91. The molecule has 2 aromatic rings. The Hall–Kier alpha value is -2.70. The first-order valence-electron chi connectivity index (χ1n) is 7.18. The summed E-state index contributed by atoms with van der Waals surface area (Å²) in [4.78, 5) is 23.4. The zero-order valence-corrected chi connectivity index (χ0v) is 12.0. The van der Waals surface area contributed by atoms with Crippen LogP contribution in [0.5, 0.6) is 0 Å². The zero-order valence-electron chi connectivity index (χ0n) is 12.0. The van der Waals surface area contributed by atoms with Crippen molar-refractivity contribution in [2.45, 2.75) is 25.3 Å². The Morgan fingerprint density at radius 1 is 1.32 bits per heavy atom. The van der Waals surface area contributed by atoms with E-state index in [4.69, 9.17) is 5.11 Å². The lowest BCUT2D eigenvalue weighted by atomic mass is 10.2. The number of hydrogen-bond donors (Lipinski definition) is 3. The Morgan fingerprint density at radius 2 is 2.18 bits per heavy atom.